The number of ether oxygens (including phenoxy) is 1. The SMILES string of the molecule is CCC(C)[C@@H](NC(=O)[C@H](Cc1cnc[nH]1)NC(=O)[C@@H](Cc1cccc2ccccc12)NC(=O)OCc1ccccc1)O/[P+]([O-])=C(\Cc1ccccc1)C(=O)O. The molecule has 14 heteroatoms. The molecule has 5 atom stereocenters. The minimum atomic E-state index is -2.89. The fraction of sp³-hybridized carbons (Fsp3) is 0.268. The molecule has 0 aliphatic rings. The van der Waals surface area contributed by atoms with Gasteiger partial charge in [0.2, 0.25) is 25.1 Å². The molecular formula is C41H44N5O8P. The number of amides is 3. The van der Waals surface area contributed by atoms with Gasteiger partial charge in [-0.05, 0) is 33.9 Å². The van der Waals surface area contributed by atoms with E-state index in [0.29, 0.717) is 17.7 Å². The maximum absolute atomic E-state index is 14.2. The number of nitrogens with one attached hydrogen (secondary N) is 4. The lowest BCUT2D eigenvalue weighted by molar-refractivity contribution is -0.179. The summed E-state index contributed by atoms with van der Waals surface area (Å²) < 4.78 is 11.3. The van der Waals surface area contributed by atoms with Gasteiger partial charge in [0.05, 0.1) is 6.33 Å². The molecular weight excluding hydrogens is 721 g/mol. The number of aliphatic carboxylic acids is 1. The Bertz CT molecular complexity index is 2070. The first kappa shape index (κ1) is 40.3. The molecule has 13 nitrogen and oxygen atoms in total. The lowest BCUT2D eigenvalue weighted by Crippen LogP contribution is -2.57. The zero-order valence-electron chi connectivity index (χ0n) is 30.5. The molecule has 2 unspecified atom stereocenters. The molecule has 5 N–H and O–H groups in total. The van der Waals surface area contributed by atoms with Gasteiger partial charge >= 0.3 is 12.1 Å². The van der Waals surface area contributed by atoms with Crippen LogP contribution in [0.1, 0.15) is 42.7 Å². The van der Waals surface area contributed by atoms with E-state index >= 15 is 0 Å². The van der Waals surface area contributed by atoms with Crippen LogP contribution >= 0.6 is 8.00 Å². The second-order valence-electron chi connectivity index (χ2n) is 13.0. The summed E-state index contributed by atoms with van der Waals surface area (Å²) in [7, 11) is -2.89. The van der Waals surface area contributed by atoms with Crippen molar-refractivity contribution >= 4 is 47.9 Å². The Kier molecular flexibility index (Phi) is 14.6. The molecule has 55 heavy (non-hydrogen) atoms. The van der Waals surface area contributed by atoms with Crippen molar-refractivity contribution in [1.82, 2.24) is 25.9 Å². The number of hydrogen-bond donors (Lipinski definition) is 5. The molecule has 5 rings (SSSR count). The van der Waals surface area contributed by atoms with E-state index in [4.69, 9.17) is 9.26 Å². The molecule has 0 radical (unpaired) electrons. The minimum absolute atomic E-state index is 0.0221. The molecule has 0 saturated carbocycles. The van der Waals surface area contributed by atoms with Gasteiger partial charge < -0.3 is 35.7 Å². The van der Waals surface area contributed by atoms with Crippen LogP contribution < -0.4 is 20.8 Å². The van der Waals surface area contributed by atoms with Crippen LogP contribution in [0.5, 0.6) is 0 Å². The smallest absolute Gasteiger partial charge is 0.408 e. The maximum atomic E-state index is 14.2. The number of imidazole rings is 1. The minimum Gasteiger partial charge on any atom is -0.602 e. The van der Waals surface area contributed by atoms with Gasteiger partial charge in [-0.2, -0.15) is 4.52 Å². The monoisotopic (exact) mass is 765 g/mol. The lowest BCUT2D eigenvalue weighted by atomic mass is 9.98. The predicted octanol–water partition coefficient (Wildman–Crippen LogP) is 4.80. The zero-order valence-corrected chi connectivity index (χ0v) is 31.4. The first-order valence-electron chi connectivity index (χ1n) is 17.9. The van der Waals surface area contributed by atoms with Crippen LogP contribution in [0, 0.1) is 5.92 Å². The second-order valence-corrected chi connectivity index (χ2v) is 14.3. The van der Waals surface area contributed by atoms with Crippen molar-refractivity contribution in [3.8, 4) is 0 Å². The number of hydrogen-bond acceptors (Lipinski definition) is 8. The Hall–Kier alpha value is -5.88. The van der Waals surface area contributed by atoms with E-state index < -0.39 is 56.1 Å². The van der Waals surface area contributed by atoms with Gasteiger partial charge in [0.15, 0.2) is 6.23 Å². The Morgan fingerprint density at radius 2 is 1.45 bits per heavy atom. The van der Waals surface area contributed by atoms with E-state index in [2.05, 4.69) is 25.9 Å². The summed E-state index contributed by atoms with van der Waals surface area (Å²) >= 11 is 0. The number of carboxylic acid groups (broad SMARTS) is 1. The van der Waals surface area contributed by atoms with Gasteiger partial charge in [-0.15, -0.1) is 0 Å². The van der Waals surface area contributed by atoms with Crippen LogP contribution in [0.3, 0.4) is 0 Å². The standard InChI is InChI=1S/C41H44N5O8P/c1-3-27(2)39(54-55(52)36(40(49)50)21-28-13-6-4-7-14-28)46-38(48)35(23-32-24-42-26-43-32)44-37(47)34(45-41(51)53-25-29-15-8-5-9-16-29)22-31-19-12-18-30-17-10-11-20-33(30)31/h4-20,24,26-27,34-35,39H,3,21-23,25H2,1-2H3,(H,42,43)(H,44,47)(H,45,51)(H,46,48)(H,49,50)/t27?,34-,35+,39+/m1/s1. The average molecular weight is 766 g/mol. The van der Waals surface area contributed by atoms with E-state index in [0.717, 1.165) is 21.9 Å². The molecule has 1 heterocycles. The number of carboxylic acids is 1. The van der Waals surface area contributed by atoms with Crippen LogP contribution in [0.25, 0.3) is 10.8 Å². The number of alkyl carbamates (subject to hydrolysis) is 1. The molecule has 0 aliphatic heterocycles. The first-order valence-corrected chi connectivity index (χ1v) is 19.1. The normalized spacial score (nSPS) is 13.8. The highest BCUT2D eigenvalue weighted by Crippen LogP contribution is 2.25. The van der Waals surface area contributed by atoms with Gasteiger partial charge in [-0.1, -0.05) is 117 Å². The Morgan fingerprint density at radius 1 is 0.818 bits per heavy atom. The molecule has 0 bridgehead atoms. The third kappa shape index (κ3) is 11.8. The largest absolute Gasteiger partial charge is 0.602 e. The van der Waals surface area contributed by atoms with E-state index in [1.54, 1.807) is 37.3 Å². The highest BCUT2D eigenvalue weighted by molar-refractivity contribution is 7.49. The summed E-state index contributed by atoms with van der Waals surface area (Å²) in [6.07, 6.45) is 1.34. The summed E-state index contributed by atoms with van der Waals surface area (Å²) in [5, 5.41) is 19.6. The highest BCUT2D eigenvalue weighted by Gasteiger charge is 2.33. The van der Waals surface area contributed by atoms with Crippen molar-refractivity contribution < 1.29 is 38.4 Å². The number of aromatic nitrogens is 2. The summed E-state index contributed by atoms with van der Waals surface area (Å²) in [5.74, 6) is -3.14. The van der Waals surface area contributed by atoms with Gasteiger partial charge in [-0.3, -0.25) is 9.59 Å². The number of nitrogens with zero attached hydrogens (tertiary/aromatic N) is 1. The van der Waals surface area contributed by atoms with Crippen molar-refractivity contribution in [3.05, 3.63) is 138 Å². The van der Waals surface area contributed by atoms with Crippen LogP contribution in [0.2, 0.25) is 0 Å². The molecule has 0 fully saturated rings. The predicted molar refractivity (Wildman–Crippen MR) is 208 cm³/mol. The molecule has 5 aromatic rings. The van der Waals surface area contributed by atoms with Crippen molar-refractivity contribution in [1.29, 1.82) is 0 Å². The molecule has 0 aliphatic carbocycles. The molecule has 4 aromatic carbocycles. The molecule has 0 saturated heterocycles. The van der Waals surface area contributed by atoms with Crippen molar-refractivity contribution in [2.75, 3.05) is 0 Å². The number of aromatic amines is 1. The number of fused-ring (bicyclic) bond motifs is 1. The van der Waals surface area contributed by atoms with Gasteiger partial charge in [0.25, 0.3) is 0 Å². The maximum Gasteiger partial charge on any atom is 0.408 e. The van der Waals surface area contributed by atoms with Gasteiger partial charge in [0, 0.05) is 37.1 Å². The Balaban J connectivity index is 1.39. The van der Waals surface area contributed by atoms with Crippen LogP contribution in [-0.4, -0.2) is 62.6 Å². The molecule has 286 valence electrons. The highest BCUT2D eigenvalue weighted by atomic mass is 31.1. The summed E-state index contributed by atoms with van der Waals surface area (Å²) in [6.45, 7) is 3.58. The third-order valence-corrected chi connectivity index (χ3v) is 10.3. The van der Waals surface area contributed by atoms with Crippen LogP contribution in [0.4, 0.5) is 4.79 Å². The molecule has 1 aromatic heterocycles. The quantitative estimate of drug-likeness (QED) is 0.0615. The average Bonchev–Trinajstić information content (AvgIpc) is 3.72. The van der Waals surface area contributed by atoms with Gasteiger partial charge in [0.1, 0.15) is 18.7 Å². The fourth-order valence-corrected chi connectivity index (χ4v) is 6.87. The Labute approximate surface area is 320 Å². The summed E-state index contributed by atoms with van der Waals surface area (Å²) in [5.41, 5.74) is 2.70. The first-order chi connectivity index (χ1) is 26.6. The summed E-state index contributed by atoms with van der Waals surface area (Å²) in [4.78, 5) is 74.0. The van der Waals surface area contributed by atoms with Gasteiger partial charge in [-0.25, -0.2) is 14.6 Å². The van der Waals surface area contributed by atoms with E-state index in [1.807, 2.05) is 79.7 Å². The number of carbonyl (C=O) groups is 4. The van der Waals surface area contributed by atoms with Crippen molar-refractivity contribution in [2.24, 2.45) is 5.92 Å². The van der Waals surface area contributed by atoms with Crippen molar-refractivity contribution in [2.45, 2.75) is 64.4 Å². The van der Waals surface area contributed by atoms with E-state index in [-0.39, 0.29) is 31.2 Å². The topological polar surface area (TPSA) is 195 Å². The van der Waals surface area contributed by atoms with Crippen LogP contribution in [-0.2, 0) is 49.5 Å². The number of carbonyl (C=O) groups excluding carboxylic acids is 3. The summed E-state index contributed by atoms with van der Waals surface area (Å²) in [6, 6.07) is 28.7. The number of benzene rings is 4. The molecule has 0 spiro atoms. The Morgan fingerprint density at radius 3 is 2.13 bits per heavy atom. The third-order valence-electron chi connectivity index (χ3n) is 9.07. The second kappa shape index (κ2) is 20.0. The zero-order chi connectivity index (χ0) is 39.2. The van der Waals surface area contributed by atoms with E-state index in [1.165, 1.54) is 12.5 Å². The number of rotatable bonds is 18. The van der Waals surface area contributed by atoms with E-state index in [9.17, 15) is 29.2 Å². The number of H-pyrrole nitrogens is 1. The fourth-order valence-electron chi connectivity index (χ4n) is 5.81. The van der Waals surface area contributed by atoms with Crippen molar-refractivity contribution in [3.63, 3.8) is 0 Å². The van der Waals surface area contributed by atoms with Crippen LogP contribution in [0.15, 0.2) is 116 Å². The molecule has 3 amide bonds. The lowest BCUT2D eigenvalue weighted by Gasteiger charge is -2.26.